The van der Waals surface area contributed by atoms with Crippen molar-refractivity contribution < 1.29 is 17.9 Å². The molecule has 1 aromatic carbocycles. The molecular formula is C19H29N3O4S. The maximum Gasteiger partial charge on any atom is 0.243 e. The molecule has 0 aliphatic carbocycles. The van der Waals surface area contributed by atoms with E-state index in [0.717, 1.165) is 5.56 Å². The van der Waals surface area contributed by atoms with Crippen molar-refractivity contribution in [1.29, 1.82) is 0 Å². The van der Waals surface area contributed by atoms with Crippen molar-refractivity contribution >= 4 is 15.9 Å². The number of carbonyl (C=O) groups excluding carboxylic acids is 1. The molecule has 0 radical (unpaired) electrons. The van der Waals surface area contributed by atoms with Crippen LogP contribution in [0, 0.1) is 0 Å². The van der Waals surface area contributed by atoms with Crippen LogP contribution in [0.2, 0.25) is 0 Å². The van der Waals surface area contributed by atoms with Crippen molar-refractivity contribution in [2.45, 2.75) is 43.7 Å². The SMILES string of the molecule is CC(C)c1ccc(S(=O)(=O)N2CCN(C(=O)[C@H]3NCCO[C@@H]3C)CC2)cc1. The molecule has 0 unspecified atom stereocenters. The summed E-state index contributed by atoms with van der Waals surface area (Å²) < 4.78 is 32.8. The normalized spacial score (nSPS) is 25.0. The maximum absolute atomic E-state index is 12.9. The van der Waals surface area contributed by atoms with Gasteiger partial charge in [-0.15, -0.1) is 0 Å². The molecule has 0 saturated carbocycles. The van der Waals surface area contributed by atoms with Crippen LogP contribution in [0.5, 0.6) is 0 Å². The first kappa shape index (κ1) is 20.3. The van der Waals surface area contributed by atoms with Crippen molar-refractivity contribution in [1.82, 2.24) is 14.5 Å². The van der Waals surface area contributed by atoms with Gasteiger partial charge in [-0.2, -0.15) is 4.31 Å². The fourth-order valence-corrected chi connectivity index (χ4v) is 4.95. The highest BCUT2D eigenvalue weighted by Crippen LogP contribution is 2.21. The van der Waals surface area contributed by atoms with E-state index in [2.05, 4.69) is 19.2 Å². The minimum atomic E-state index is -3.53. The number of amides is 1. The lowest BCUT2D eigenvalue weighted by molar-refractivity contribution is -0.140. The molecule has 150 valence electrons. The molecule has 2 aliphatic heterocycles. The molecule has 2 fully saturated rings. The molecule has 0 bridgehead atoms. The lowest BCUT2D eigenvalue weighted by Gasteiger charge is -2.38. The zero-order valence-electron chi connectivity index (χ0n) is 16.2. The number of nitrogens with one attached hydrogen (secondary N) is 1. The highest BCUT2D eigenvalue weighted by molar-refractivity contribution is 7.89. The van der Waals surface area contributed by atoms with E-state index in [9.17, 15) is 13.2 Å². The molecule has 0 aromatic heterocycles. The molecule has 3 rings (SSSR count). The fraction of sp³-hybridized carbons (Fsp3) is 0.632. The summed E-state index contributed by atoms with van der Waals surface area (Å²) >= 11 is 0. The van der Waals surface area contributed by atoms with Gasteiger partial charge in [-0.25, -0.2) is 8.42 Å². The van der Waals surface area contributed by atoms with Crippen LogP contribution in [0.25, 0.3) is 0 Å². The number of ether oxygens (including phenoxy) is 1. The van der Waals surface area contributed by atoms with E-state index in [1.54, 1.807) is 17.0 Å². The Labute approximate surface area is 161 Å². The lowest BCUT2D eigenvalue weighted by Crippen LogP contribution is -2.60. The van der Waals surface area contributed by atoms with Crippen LogP contribution < -0.4 is 5.32 Å². The minimum Gasteiger partial charge on any atom is -0.375 e. The zero-order chi connectivity index (χ0) is 19.6. The molecule has 1 amide bonds. The number of morpholine rings is 1. The molecule has 2 heterocycles. The number of hydrogen-bond acceptors (Lipinski definition) is 5. The van der Waals surface area contributed by atoms with Gasteiger partial charge >= 0.3 is 0 Å². The van der Waals surface area contributed by atoms with Crippen molar-refractivity contribution in [3.8, 4) is 0 Å². The van der Waals surface area contributed by atoms with E-state index < -0.39 is 10.0 Å². The molecule has 1 aromatic rings. The standard InChI is InChI=1S/C19H29N3O4S/c1-14(2)16-4-6-17(7-5-16)27(24,25)22-11-9-21(10-12-22)19(23)18-15(3)26-13-8-20-18/h4-7,14-15,18,20H,8-13H2,1-3H3/t15-,18+/m1/s1. The summed E-state index contributed by atoms with van der Waals surface area (Å²) in [7, 11) is -3.53. The molecule has 8 heteroatoms. The molecule has 7 nitrogen and oxygen atoms in total. The van der Waals surface area contributed by atoms with Gasteiger partial charge in [0.05, 0.1) is 17.6 Å². The van der Waals surface area contributed by atoms with Crippen molar-refractivity contribution in [2.75, 3.05) is 39.3 Å². The summed E-state index contributed by atoms with van der Waals surface area (Å²) in [5.41, 5.74) is 1.11. The summed E-state index contributed by atoms with van der Waals surface area (Å²) in [4.78, 5) is 14.7. The second-order valence-corrected chi connectivity index (χ2v) is 9.40. The first-order valence-electron chi connectivity index (χ1n) is 9.54. The highest BCUT2D eigenvalue weighted by atomic mass is 32.2. The third-order valence-corrected chi connectivity index (χ3v) is 7.23. The van der Waals surface area contributed by atoms with E-state index in [0.29, 0.717) is 50.1 Å². The third-order valence-electron chi connectivity index (χ3n) is 5.32. The maximum atomic E-state index is 12.9. The van der Waals surface area contributed by atoms with Crippen LogP contribution in [-0.4, -0.2) is 75.0 Å². The second-order valence-electron chi connectivity index (χ2n) is 7.46. The summed E-state index contributed by atoms with van der Waals surface area (Å²) in [5.74, 6) is 0.344. The predicted octanol–water partition coefficient (Wildman–Crippen LogP) is 1.02. The van der Waals surface area contributed by atoms with Crippen molar-refractivity contribution in [3.05, 3.63) is 29.8 Å². The van der Waals surface area contributed by atoms with Gasteiger partial charge in [0.15, 0.2) is 0 Å². The van der Waals surface area contributed by atoms with Crippen LogP contribution in [0.1, 0.15) is 32.3 Å². The Balaban J connectivity index is 1.63. The summed E-state index contributed by atoms with van der Waals surface area (Å²) in [6.45, 7) is 8.70. The number of rotatable bonds is 4. The molecule has 27 heavy (non-hydrogen) atoms. The van der Waals surface area contributed by atoms with E-state index in [4.69, 9.17) is 4.74 Å². The van der Waals surface area contributed by atoms with E-state index in [-0.39, 0.29) is 18.1 Å². The quantitative estimate of drug-likeness (QED) is 0.824. The van der Waals surface area contributed by atoms with Gasteiger partial charge < -0.3 is 15.0 Å². The van der Waals surface area contributed by atoms with E-state index in [1.807, 2.05) is 19.1 Å². The van der Waals surface area contributed by atoms with Crippen molar-refractivity contribution in [3.63, 3.8) is 0 Å². The second kappa shape index (κ2) is 8.26. The number of sulfonamides is 1. The third kappa shape index (κ3) is 4.34. The van der Waals surface area contributed by atoms with Crippen molar-refractivity contribution in [2.24, 2.45) is 0 Å². The van der Waals surface area contributed by atoms with E-state index >= 15 is 0 Å². The van der Waals surface area contributed by atoms with Gasteiger partial charge in [0.2, 0.25) is 15.9 Å². The Bertz CT molecular complexity index is 756. The summed E-state index contributed by atoms with van der Waals surface area (Å²) in [6, 6.07) is 6.73. The van der Waals surface area contributed by atoms with Gasteiger partial charge in [-0.1, -0.05) is 26.0 Å². The van der Waals surface area contributed by atoms with Crippen LogP contribution >= 0.6 is 0 Å². The zero-order valence-corrected chi connectivity index (χ0v) is 17.0. The summed E-state index contributed by atoms with van der Waals surface area (Å²) in [5, 5.41) is 3.20. The Morgan fingerprint density at radius 3 is 2.33 bits per heavy atom. The lowest BCUT2D eigenvalue weighted by atomic mass is 10.0. The smallest absolute Gasteiger partial charge is 0.243 e. The Kier molecular flexibility index (Phi) is 6.20. The first-order chi connectivity index (χ1) is 12.8. The largest absolute Gasteiger partial charge is 0.375 e. The number of hydrogen-bond donors (Lipinski definition) is 1. The van der Waals surface area contributed by atoms with E-state index in [1.165, 1.54) is 4.31 Å². The number of piperazine rings is 1. The number of nitrogens with zero attached hydrogens (tertiary/aromatic N) is 2. The minimum absolute atomic E-state index is 0.0134. The summed E-state index contributed by atoms with van der Waals surface area (Å²) in [6.07, 6.45) is -0.174. The average molecular weight is 396 g/mol. The van der Waals surface area contributed by atoms with Gasteiger partial charge in [0.25, 0.3) is 0 Å². The van der Waals surface area contributed by atoms with Gasteiger partial charge in [0, 0.05) is 32.7 Å². The van der Waals surface area contributed by atoms with Gasteiger partial charge in [0.1, 0.15) is 6.04 Å². The van der Waals surface area contributed by atoms with Gasteiger partial charge in [-0.3, -0.25) is 4.79 Å². The first-order valence-corrected chi connectivity index (χ1v) is 11.0. The van der Waals surface area contributed by atoms with Crippen LogP contribution in [-0.2, 0) is 19.6 Å². The molecule has 2 saturated heterocycles. The van der Waals surface area contributed by atoms with Gasteiger partial charge in [-0.05, 0) is 30.5 Å². The van der Waals surface area contributed by atoms with Crippen LogP contribution in [0.4, 0.5) is 0 Å². The Morgan fingerprint density at radius 1 is 1.15 bits per heavy atom. The number of carbonyl (C=O) groups is 1. The monoisotopic (exact) mass is 395 g/mol. The predicted molar refractivity (Wildman–Crippen MR) is 103 cm³/mol. The average Bonchev–Trinajstić information content (AvgIpc) is 2.68. The fourth-order valence-electron chi connectivity index (χ4n) is 3.53. The molecule has 1 N–H and O–H groups in total. The Hall–Kier alpha value is -1.48. The van der Waals surface area contributed by atoms with Crippen LogP contribution in [0.3, 0.4) is 0 Å². The topological polar surface area (TPSA) is 79.0 Å². The molecular weight excluding hydrogens is 366 g/mol. The molecule has 2 aliphatic rings. The Morgan fingerprint density at radius 2 is 1.78 bits per heavy atom. The molecule has 0 spiro atoms. The number of benzene rings is 1. The van der Waals surface area contributed by atoms with Crippen LogP contribution in [0.15, 0.2) is 29.2 Å². The molecule has 2 atom stereocenters. The highest BCUT2D eigenvalue weighted by Gasteiger charge is 2.35.